The van der Waals surface area contributed by atoms with E-state index in [1.807, 2.05) is 36.4 Å². The van der Waals surface area contributed by atoms with Crippen molar-refractivity contribution in [1.29, 1.82) is 0 Å². The average molecular weight is 390 g/mol. The van der Waals surface area contributed by atoms with Gasteiger partial charge in [-0.25, -0.2) is 9.78 Å². The molecule has 1 aliphatic rings. The molecule has 3 aromatic rings. The van der Waals surface area contributed by atoms with Crippen LogP contribution in [0.2, 0.25) is 0 Å². The minimum Gasteiger partial charge on any atom is -0.449 e. The Labute approximate surface area is 168 Å². The van der Waals surface area contributed by atoms with Gasteiger partial charge < -0.3 is 14.5 Å². The number of fused-ring (bicyclic) bond motifs is 2. The summed E-state index contributed by atoms with van der Waals surface area (Å²) in [5.74, 6) is -0.631. The lowest BCUT2D eigenvalue weighted by Crippen LogP contribution is -2.39. The van der Waals surface area contributed by atoms with Gasteiger partial charge in [-0.2, -0.15) is 0 Å². The highest BCUT2D eigenvalue weighted by atomic mass is 16.5. The van der Waals surface area contributed by atoms with Crippen LogP contribution in [-0.4, -0.2) is 23.0 Å². The largest absolute Gasteiger partial charge is 0.449 e. The van der Waals surface area contributed by atoms with Crippen molar-refractivity contribution in [2.45, 2.75) is 38.3 Å². The number of benzene rings is 2. The Morgan fingerprint density at radius 2 is 2.00 bits per heavy atom. The van der Waals surface area contributed by atoms with Gasteiger partial charge in [-0.15, -0.1) is 0 Å². The van der Waals surface area contributed by atoms with Crippen LogP contribution in [0.15, 0.2) is 59.0 Å². The third-order valence-electron chi connectivity index (χ3n) is 5.02. The number of para-hydroxylation sites is 2. The van der Waals surface area contributed by atoms with E-state index in [9.17, 15) is 9.59 Å². The van der Waals surface area contributed by atoms with Crippen LogP contribution in [0.1, 0.15) is 42.8 Å². The number of rotatable bonds is 5. The molecular weight excluding hydrogens is 368 g/mol. The zero-order chi connectivity index (χ0) is 20.2. The Kier molecular flexibility index (Phi) is 5.42. The Morgan fingerprint density at radius 3 is 2.86 bits per heavy atom. The molecule has 0 spiro atoms. The number of hydrogen-bond acceptors (Lipinski definition) is 5. The van der Waals surface area contributed by atoms with Gasteiger partial charge in [0.15, 0.2) is 11.7 Å². The fourth-order valence-corrected chi connectivity index (χ4v) is 3.56. The Balaban J connectivity index is 1.34. The van der Waals surface area contributed by atoms with E-state index < -0.39 is 12.1 Å². The van der Waals surface area contributed by atoms with Crippen LogP contribution in [0.4, 0.5) is 0 Å². The molecule has 1 heterocycles. The second-order valence-corrected chi connectivity index (χ2v) is 7.08. The zero-order valence-corrected chi connectivity index (χ0v) is 16.1. The highest BCUT2D eigenvalue weighted by Crippen LogP contribution is 2.29. The van der Waals surface area contributed by atoms with Gasteiger partial charge in [-0.05, 0) is 49.4 Å². The van der Waals surface area contributed by atoms with Gasteiger partial charge in [0, 0.05) is 12.2 Å². The van der Waals surface area contributed by atoms with Gasteiger partial charge in [0.2, 0.25) is 5.89 Å². The second kappa shape index (κ2) is 8.31. The van der Waals surface area contributed by atoms with Crippen LogP contribution in [0.5, 0.6) is 0 Å². The Morgan fingerprint density at radius 1 is 1.21 bits per heavy atom. The van der Waals surface area contributed by atoms with Crippen molar-refractivity contribution in [3.63, 3.8) is 0 Å². The van der Waals surface area contributed by atoms with Crippen molar-refractivity contribution in [3.8, 4) is 0 Å². The number of nitrogens with zero attached hydrogens (tertiary/aromatic N) is 1. The van der Waals surface area contributed by atoms with E-state index in [0.29, 0.717) is 17.0 Å². The summed E-state index contributed by atoms with van der Waals surface area (Å²) < 4.78 is 10.7. The predicted octanol–water partition coefficient (Wildman–Crippen LogP) is 3.97. The van der Waals surface area contributed by atoms with Gasteiger partial charge in [0.05, 0.1) is 6.04 Å². The molecule has 148 valence electrons. The number of carbonyl (C=O) groups is 2. The topological polar surface area (TPSA) is 81.4 Å². The minimum absolute atomic E-state index is 0.0520. The highest BCUT2D eigenvalue weighted by molar-refractivity contribution is 5.90. The average Bonchev–Trinajstić information content (AvgIpc) is 3.15. The second-order valence-electron chi connectivity index (χ2n) is 7.08. The fourth-order valence-electron chi connectivity index (χ4n) is 3.56. The predicted molar refractivity (Wildman–Crippen MR) is 109 cm³/mol. The summed E-state index contributed by atoms with van der Waals surface area (Å²) in [4.78, 5) is 28.8. The van der Waals surface area contributed by atoms with Crippen molar-refractivity contribution >= 4 is 29.1 Å². The maximum atomic E-state index is 12.5. The van der Waals surface area contributed by atoms with Gasteiger partial charge in [-0.3, -0.25) is 4.79 Å². The van der Waals surface area contributed by atoms with E-state index in [-0.39, 0.29) is 11.9 Å². The van der Waals surface area contributed by atoms with Gasteiger partial charge in [0.25, 0.3) is 5.91 Å². The first-order valence-corrected chi connectivity index (χ1v) is 9.72. The molecule has 1 amide bonds. The van der Waals surface area contributed by atoms with E-state index in [1.165, 1.54) is 17.7 Å². The monoisotopic (exact) mass is 390 g/mol. The standard InChI is InChI=1S/C23H22N2O4/c1-15(23(27)25-18-11-6-8-16-7-2-3-9-17(16)18)28-22(26)14-13-21-24-19-10-4-5-12-20(19)29-21/h2-5,7,9-10,12-15,18H,6,8,11H2,1H3,(H,25,27)/b14-13+/t15-,18+/m1/s1. The van der Waals surface area contributed by atoms with Gasteiger partial charge in [0.1, 0.15) is 5.52 Å². The van der Waals surface area contributed by atoms with Crippen LogP contribution in [0.3, 0.4) is 0 Å². The summed E-state index contributed by atoms with van der Waals surface area (Å²) in [6.45, 7) is 1.56. The number of ether oxygens (including phenoxy) is 1. The van der Waals surface area contributed by atoms with E-state index in [2.05, 4.69) is 16.4 Å². The number of aromatic nitrogens is 1. The summed E-state index contributed by atoms with van der Waals surface area (Å²) in [5, 5.41) is 3.00. The van der Waals surface area contributed by atoms with Crippen LogP contribution in [-0.2, 0) is 20.7 Å². The molecule has 1 aromatic heterocycles. The molecule has 0 saturated carbocycles. The van der Waals surface area contributed by atoms with Crippen molar-refractivity contribution in [2.24, 2.45) is 0 Å². The molecule has 6 nitrogen and oxygen atoms in total. The number of oxazole rings is 1. The maximum Gasteiger partial charge on any atom is 0.331 e. The lowest BCUT2D eigenvalue weighted by molar-refractivity contribution is -0.150. The molecule has 1 N–H and O–H groups in total. The van der Waals surface area contributed by atoms with Gasteiger partial charge in [-0.1, -0.05) is 36.4 Å². The minimum atomic E-state index is -0.898. The lowest BCUT2D eigenvalue weighted by atomic mass is 9.87. The number of hydrogen-bond donors (Lipinski definition) is 1. The lowest BCUT2D eigenvalue weighted by Gasteiger charge is -2.27. The molecule has 0 saturated heterocycles. The number of aryl methyl sites for hydroxylation is 1. The molecule has 0 aliphatic heterocycles. The van der Waals surface area contributed by atoms with E-state index in [4.69, 9.17) is 9.15 Å². The molecule has 4 rings (SSSR count). The first-order valence-electron chi connectivity index (χ1n) is 9.72. The van der Waals surface area contributed by atoms with Crippen molar-refractivity contribution in [3.05, 3.63) is 71.6 Å². The van der Waals surface area contributed by atoms with E-state index >= 15 is 0 Å². The molecule has 0 fully saturated rings. The van der Waals surface area contributed by atoms with Crippen molar-refractivity contribution < 1.29 is 18.7 Å². The maximum absolute atomic E-state index is 12.5. The zero-order valence-electron chi connectivity index (χ0n) is 16.1. The molecule has 2 atom stereocenters. The third kappa shape index (κ3) is 4.37. The first-order chi connectivity index (χ1) is 14.1. The van der Waals surface area contributed by atoms with Crippen LogP contribution < -0.4 is 5.32 Å². The highest BCUT2D eigenvalue weighted by Gasteiger charge is 2.24. The van der Waals surface area contributed by atoms with Crippen LogP contribution >= 0.6 is 0 Å². The number of carbonyl (C=O) groups excluding carboxylic acids is 2. The molecule has 0 radical (unpaired) electrons. The summed E-state index contributed by atoms with van der Waals surface area (Å²) >= 11 is 0. The molecule has 2 aromatic carbocycles. The first kappa shape index (κ1) is 18.9. The molecule has 6 heteroatoms. The Bertz CT molecular complexity index is 1040. The smallest absolute Gasteiger partial charge is 0.331 e. The number of amides is 1. The number of nitrogens with one attached hydrogen (secondary N) is 1. The van der Waals surface area contributed by atoms with Gasteiger partial charge >= 0.3 is 5.97 Å². The third-order valence-corrected chi connectivity index (χ3v) is 5.02. The van der Waals surface area contributed by atoms with Crippen LogP contribution in [0, 0.1) is 0 Å². The SMILES string of the molecule is C[C@@H](OC(=O)/C=C/c1nc2ccccc2o1)C(=O)N[C@H]1CCCc2ccccc21. The summed E-state index contributed by atoms with van der Waals surface area (Å²) in [6, 6.07) is 15.4. The number of esters is 1. The van der Waals surface area contributed by atoms with Crippen molar-refractivity contribution in [1.82, 2.24) is 10.3 Å². The molecular formula is C23H22N2O4. The summed E-state index contributed by atoms with van der Waals surface area (Å²) in [7, 11) is 0. The van der Waals surface area contributed by atoms with E-state index in [0.717, 1.165) is 24.8 Å². The normalized spacial score (nSPS) is 17.1. The molecule has 0 unspecified atom stereocenters. The van der Waals surface area contributed by atoms with E-state index in [1.54, 1.807) is 13.0 Å². The quantitative estimate of drug-likeness (QED) is 0.527. The fraction of sp³-hybridized carbons (Fsp3) is 0.261. The molecule has 1 aliphatic carbocycles. The summed E-state index contributed by atoms with van der Waals surface area (Å²) in [6.07, 6.45) is 4.66. The van der Waals surface area contributed by atoms with Crippen LogP contribution in [0.25, 0.3) is 17.2 Å². The summed E-state index contributed by atoms with van der Waals surface area (Å²) in [5.41, 5.74) is 3.75. The molecule has 29 heavy (non-hydrogen) atoms. The molecule has 0 bridgehead atoms. The van der Waals surface area contributed by atoms with Crippen molar-refractivity contribution in [2.75, 3.05) is 0 Å². The Hall–Kier alpha value is -3.41.